The van der Waals surface area contributed by atoms with Crippen molar-refractivity contribution in [1.82, 2.24) is 4.90 Å². The number of benzene rings is 2. The third-order valence-electron chi connectivity index (χ3n) is 4.98. The fourth-order valence-electron chi connectivity index (χ4n) is 3.45. The summed E-state index contributed by atoms with van der Waals surface area (Å²) in [6.45, 7) is 2.71. The summed E-state index contributed by atoms with van der Waals surface area (Å²) in [4.78, 5) is 14.7. The normalized spacial score (nSPS) is 16.1. The second-order valence-corrected chi connectivity index (χ2v) is 6.47. The molecule has 0 spiro atoms. The Balaban J connectivity index is 1.80. The van der Waals surface area contributed by atoms with Gasteiger partial charge in [-0.2, -0.15) is 0 Å². The lowest BCUT2D eigenvalue weighted by Crippen LogP contribution is -2.37. The minimum Gasteiger partial charge on any atom is -0.497 e. The highest BCUT2D eigenvalue weighted by molar-refractivity contribution is 5.92. The van der Waals surface area contributed by atoms with E-state index >= 15 is 0 Å². The first-order chi connectivity index (χ1) is 13.1. The molecule has 0 fully saturated rings. The molecule has 0 saturated heterocycles. The second kappa shape index (κ2) is 8.16. The van der Waals surface area contributed by atoms with Crippen LogP contribution < -0.4 is 14.2 Å². The number of carbonyl (C=O) groups excluding carboxylic acids is 1. The Labute approximate surface area is 160 Å². The fourth-order valence-corrected chi connectivity index (χ4v) is 3.45. The zero-order chi connectivity index (χ0) is 19.4. The molecule has 1 amide bonds. The van der Waals surface area contributed by atoms with Gasteiger partial charge < -0.3 is 19.1 Å². The first-order valence-corrected chi connectivity index (χ1v) is 8.95. The molecule has 2 aromatic carbocycles. The SMILES string of the molecule is COc1cccc(C=CC(=O)N2CCc3cc(OC)c(OC)cc3C2C)c1. The van der Waals surface area contributed by atoms with Crippen molar-refractivity contribution >= 4 is 12.0 Å². The Morgan fingerprint density at radius 1 is 1.07 bits per heavy atom. The largest absolute Gasteiger partial charge is 0.497 e. The molecule has 0 radical (unpaired) electrons. The van der Waals surface area contributed by atoms with Crippen molar-refractivity contribution in [2.24, 2.45) is 0 Å². The molecular formula is C22H25NO4. The van der Waals surface area contributed by atoms with Crippen LogP contribution in [0, 0.1) is 0 Å². The highest BCUT2D eigenvalue weighted by Gasteiger charge is 2.28. The van der Waals surface area contributed by atoms with Crippen LogP contribution in [0.4, 0.5) is 0 Å². The van der Waals surface area contributed by atoms with E-state index in [0.29, 0.717) is 12.3 Å². The van der Waals surface area contributed by atoms with Crippen molar-refractivity contribution in [1.29, 1.82) is 0 Å². The lowest BCUT2D eigenvalue weighted by Gasteiger charge is -2.35. The number of hydrogen-bond acceptors (Lipinski definition) is 4. The van der Waals surface area contributed by atoms with Gasteiger partial charge in [0.25, 0.3) is 0 Å². The number of nitrogens with zero attached hydrogens (tertiary/aromatic N) is 1. The molecule has 0 aliphatic carbocycles. The van der Waals surface area contributed by atoms with Gasteiger partial charge in [-0.3, -0.25) is 4.79 Å². The Morgan fingerprint density at radius 3 is 2.52 bits per heavy atom. The molecule has 1 atom stereocenters. The van der Waals surface area contributed by atoms with Gasteiger partial charge in [0, 0.05) is 12.6 Å². The predicted octanol–water partition coefficient (Wildman–Crippen LogP) is 3.87. The minimum atomic E-state index is -0.0315. The second-order valence-electron chi connectivity index (χ2n) is 6.47. The molecule has 0 aromatic heterocycles. The van der Waals surface area contributed by atoms with Crippen LogP contribution in [0.5, 0.6) is 17.2 Å². The number of rotatable bonds is 5. The summed E-state index contributed by atoms with van der Waals surface area (Å²) < 4.78 is 16.0. The molecule has 5 nitrogen and oxygen atoms in total. The zero-order valence-corrected chi connectivity index (χ0v) is 16.2. The summed E-state index contributed by atoms with van der Waals surface area (Å²) in [7, 11) is 4.89. The van der Waals surface area contributed by atoms with Crippen molar-refractivity contribution in [2.75, 3.05) is 27.9 Å². The van der Waals surface area contributed by atoms with Crippen LogP contribution >= 0.6 is 0 Å². The maximum atomic E-state index is 12.8. The standard InChI is InChI=1S/C22H25NO4/c1-15-19-14-21(27-4)20(26-3)13-17(19)10-11-23(15)22(24)9-8-16-6-5-7-18(12-16)25-2/h5-9,12-15H,10-11H2,1-4H3. The number of methoxy groups -OCH3 is 3. The van der Waals surface area contributed by atoms with Crippen molar-refractivity contribution in [2.45, 2.75) is 19.4 Å². The van der Waals surface area contributed by atoms with Gasteiger partial charge in [-0.25, -0.2) is 0 Å². The molecule has 3 rings (SSSR count). The summed E-state index contributed by atoms with van der Waals surface area (Å²) in [5.74, 6) is 2.17. The van der Waals surface area contributed by atoms with E-state index in [1.807, 2.05) is 54.3 Å². The Bertz CT molecular complexity index is 859. The average Bonchev–Trinajstić information content (AvgIpc) is 2.71. The molecule has 0 N–H and O–H groups in total. The monoisotopic (exact) mass is 367 g/mol. The van der Waals surface area contributed by atoms with Crippen molar-refractivity contribution in [3.63, 3.8) is 0 Å². The zero-order valence-electron chi connectivity index (χ0n) is 16.2. The number of carbonyl (C=O) groups is 1. The van der Waals surface area contributed by atoms with Crippen LogP contribution in [0.1, 0.15) is 29.7 Å². The van der Waals surface area contributed by atoms with Gasteiger partial charge in [0.2, 0.25) is 5.91 Å². The van der Waals surface area contributed by atoms with E-state index in [9.17, 15) is 4.79 Å². The van der Waals surface area contributed by atoms with Crippen LogP contribution in [-0.2, 0) is 11.2 Å². The van der Waals surface area contributed by atoms with Crippen LogP contribution in [0.3, 0.4) is 0 Å². The molecule has 0 bridgehead atoms. The predicted molar refractivity (Wildman–Crippen MR) is 105 cm³/mol. The molecule has 27 heavy (non-hydrogen) atoms. The number of ether oxygens (including phenoxy) is 3. The van der Waals surface area contributed by atoms with Gasteiger partial charge in [0.1, 0.15) is 5.75 Å². The molecule has 1 aliphatic heterocycles. The van der Waals surface area contributed by atoms with Gasteiger partial charge in [-0.05, 0) is 60.4 Å². The van der Waals surface area contributed by atoms with E-state index in [-0.39, 0.29) is 11.9 Å². The summed E-state index contributed by atoms with van der Waals surface area (Å²) in [5, 5.41) is 0. The first kappa shape index (κ1) is 18.8. The fraction of sp³-hybridized carbons (Fsp3) is 0.318. The number of hydrogen-bond donors (Lipinski definition) is 0. The van der Waals surface area contributed by atoms with E-state index in [4.69, 9.17) is 14.2 Å². The van der Waals surface area contributed by atoms with Crippen LogP contribution in [-0.4, -0.2) is 38.7 Å². The van der Waals surface area contributed by atoms with Crippen molar-refractivity contribution in [3.8, 4) is 17.2 Å². The van der Waals surface area contributed by atoms with Gasteiger partial charge in [-0.15, -0.1) is 0 Å². The Morgan fingerprint density at radius 2 is 1.81 bits per heavy atom. The number of fused-ring (bicyclic) bond motifs is 1. The number of amides is 1. The molecule has 142 valence electrons. The maximum Gasteiger partial charge on any atom is 0.247 e. The molecule has 1 unspecified atom stereocenters. The van der Waals surface area contributed by atoms with Crippen molar-refractivity contribution in [3.05, 3.63) is 59.2 Å². The third kappa shape index (κ3) is 3.92. The van der Waals surface area contributed by atoms with Gasteiger partial charge in [0.15, 0.2) is 11.5 Å². The van der Waals surface area contributed by atoms with Gasteiger partial charge in [0.05, 0.1) is 27.4 Å². The summed E-state index contributed by atoms with van der Waals surface area (Å²) in [6.07, 6.45) is 4.23. The molecule has 5 heteroatoms. The molecular weight excluding hydrogens is 342 g/mol. The topological polar surface area (TPSA) is 48.0 Å². The highest BCUT2D eigenvalue weighted by Crippen LogP contribution is 2.37. The molecule has 1 heterocycles. The smallest absolute Gasteiger partial charge is 0.247 e. The molecule has 1 aliphatic rings. The third-order valence-corrected chi connectivity index (χ3v) is 4.98. The van der Waals surface area contributed by atoms with Crippen LogP contribution in [0.25, 0.3) is 6.08 Å². The Kier molecular flexibility index (Phi) is 5.69. The lowest BCUT2D eigenvalue weighted by molar-refractivity contribution is -0.128. The van der Waals surface area contributed by atoms with Crippen LogP contribution in [0.15, 0.2) is 42.5 Å². The quantitative estimate of drug-likeness (QED) is 0.753. The summed E-state index contributed by atoms with van der Waals surface area (Å²) in [5.41, 5.74) is 3.22. The summed E-state index contributed by atoms with van der Waals surface area (Å²) >= 11 is 0. The average molecular weight is 367 g/mol. The highest BCUT2D eigenvalue weighted by atomic mass is 16.5. The molecule has 0 saturated carbocycles. The Hall–Kier alpha value is -2.95. The lowest BCUT2D eigenvalue weighted by atomic mass is 9.92. The van der Waals surface area contributed by atoms with E-state index < -0.39 is 0 Å². The molecule has 2 aromatic rings. The van der Waals surface area contributed by atoms with E-state index in [0.717, 1.165) is 29.0 Å². The van der Waals surface area contributed by atoms with E-state index in [2.05, 4.69) is 0 Å². The van der Waals surface area contributed by atoms with Crippen molar-refractivity contribution < 1.29 is 19.0 Å². The maximum absolute atomic E-state index is 12.8. The van der Waals surface area contributed by atoms with Crippen LogP contribution in [0.2, 0.25) is 0 Å². The van der Waals surface area contributed by atoms with E-state index in [1.54, 1.807) is 27.4 Å². The summed E-state index contributed by atoms with van der Waals surface area (Å²) in [6, 6.07) is 11.6. The van der Waals surface area contributed by atoms with Gasteiger partial charge >= 0.3 is 0 Å². The van der Waals surface area contributed by atoms with Gasteiger partial charge in [-0.1, -0.05) is 12.1 Å². The minimum absolute atomic E-state index is 0.00856. The van der Waals surface area contributed by atoms with E-state index in [1.165, 1.54) is 5.56 Å². The first-order valence-electron chi connectivity index (χ1n) is 8.95.